The van der Waals surface area contributed by atoms with E-state index in [2.05, 4.69) is 0 Å². The number of ether oxygens (including phenoxy) is 2. The number of hydrogen-bond acceptors (Lipinski definition) is 8. The van der Waals surface area contributed by atoms with Crippen molar-refractivity contribution < 1.29 is 19.1 Å². The fourth-order valence-corrected chi connectivity index (χ4v) is 2.46. The molecule has 8 N–H and O–H groups in total. The first-order valence-electron chi connectivity index (χ1n) is 9.72. The summed E-state index contributed by atoms with van der Waals surface area (Å²) in [6.07, 6.45) is 6.67. The Bertz CT molecular complexity index is 335. The van der Waals surface area contributed by atoms with Crippen LogP contribution in [0.4, 0.5) is 0 Å². The van der Waals surface area contributed by atoms with Crippen LogP contribution in [0.1, 0.15) is 64.2 Å². The summed E-state index contributed by atoms with van der Waals surface area (Å²) in [5.74, 6) is -0.775. The molecule has 0 aliphatic rings. The molecular weight excluding hydrogens is 336 g/mol. The molecule has 0 saturated carbocycles. The van der Waals surface area contributed by atoms with Crippen LogP contribution >= 0.6 is 0 Å². The number of carbonyl (C=O) groups is 2. The monoisotopic (exact) mass is 374 g/mol. The second-order valence-electron chi connectivity index (χ2n) is 6.61. The summed E-state index contributed by atoms with van der Waals surface area (Å²) in [6, 6.07) is 0.186. The number of hydrogen-bond donors (Lipinski definition) is 4. The molecule has 0 aliphatic carbocycles. The van der Waals surface area contributed by atoms with E-state index in [-0.39, 0.29) is 36.9 Å². The van der Waals surface area contributed by atoms with Gasteiger partial charge in [-0.05, 0) is 64.5 Å². The molecule has 0 radical (unpaired) electrons. The average Bonchev–Trinajstić information content (AvgIpc) is 2.63. The third kappa shape index (κ3) is 16.3. The Morgan fingerprint density at radius 1 is 0.654 bits per heavy atom. The summed E-state index contributed by atoms with van der Waals surface area (Å²) in [6.45, 7) is 1.93. The maximum atomic E-state index is 11.6. The highest BCUT2D eigenvalue weighted by atomic mass is 16.5. The SMILES string of the molecule is NCCCC(N)CCCOC(=O)CCC(=O)OCCCC(N)CCCN. The van der Waals surface area contributed by atoms with Crippen molar-refractivity contribution in [2.24, 2.45) is 22.9 Å². The van der Waals surface area contributed by atoms with Crippen molar-refractivity contribution in [2.45, 2.75) is 76.3 Å². The highest BCUT2D eigenvalue weighted by molar-refractivity contribution is 5.77. The van der Waals surface area contributed by atoms with Crippen molar-refractivity contribution in [3.63, 3.8) is 0 Å². The topological polar surface area (TPSA) is 157 Å². The van der Waals surface area contributed by atoms with Gasteiger partial charge in [-0.3, -0.25) is 9.59 Å². The van der Waals surface area contributed by atoms with Gasteiger partial charge in [-0.2, -0.15) is 0 Å². The lowest BCUT2D eigenvalue weighted by molar-refractivity contribution is -0.150. The van der Waals surface area contributed by atoms with Gasteiger partial charge in [0.15, 0.2) is 0 Å². The lowest BCUT2D eigenvalue weighted by Gasteiger charge is -2.11. The Kier molecular flexibility index (Phi) is 16.4. The highest BCUT2D eigenvalue weighted by Gasteiger charge is 2.10. The van der Waals surface area contributed by atoms with Gasteiger partial charge in [0.05, 0.1) is 26.1 Å². The Morgan fingerprint density at radius 2 is 1.00 bits per heavy atom. The van der Waals surface area contributed by atoms with Gasteiger partial charge in [0.25, 0.3) is 0 Å². The predicted octanol–water partition coefficient (Wildman–Crippen LogP) is 0.546. The molecule has 0 fully saturated rings. The van der Waals surface area contributed by atoms with Gasteiger partial charge in [0, 0.05) is 12.1 Å². The van der Waals surface area contributed by atoms with Gasteiger partial charge in [-0.1, -0.05) is 0 Å². The van der Waals surface area contributed by atoms with Gasteiger partial charge in [-0.25, -0.2) is 0 Å². The first-order valence-corrected chi connectivity index (χ1v) is 9.72. The van der Waals surface area contributed by atoms with Gasteiger partial charge >= 0.3 is 11.9 Å². The molecule has 0 aliphatic heterocycles. The van der Waals surface area contributed by atoms with E-state index in [9.17, 15) is 9.59 Å². The van der Waals surface area contributed by atoms with Gasteiger partial charge in [0.1, 0.15) is 0 Å². The van der Waals surface area contributed by atoms with Crippen LogP contribution in [0.3, 0.4) is 0 Å². The van der Waals surface area contributed by atoms with E-state index < -0.39 is 0 Å². The zero-order chi connectivity index (χ0) is 19.6. The Morgan fingerprint density at radius 3 is 1.35 bits per heavy atom. The molecule has 154 valence electrons. The number of carbonyl (C=O) groups excluding carboxylic acids is 2. The molecule has 0 saturated heterocycles. The van der Waals surface area contributed by atoms with Crippen molar-refractivity contribution in [1.82, 2.24) is 0 Å². The van der Waals surface area contributed by atoms with Gasteiger partial charge in [-0.15, -0.1) is 0 Å². The minimum Gasteiger partial charge on any atom is -0.466 e. The minimum absolute atomic E-state index is 0.0358. The van der Waals surface area contributed by atoms with Crippen molar-refractivity contribution in [1.29, 1.82) is 0 Å². The normalized spacial score (nSPS) is 13.2. The van der Waals surface area contributed by atoms with Crippen LogP contribution in [0.5, 0.6) is 0 Å². The standard InChI is InChI=1S/C18H38N4O4/c19-11-1-5-15(21)7-3-13-25-17(23)9-10-18(24)26-14-4-8-16(22)6-2-12-20/h15-16H,1-14,19-22H2. The van der Waals surface area contributed by atoms with E-state index in [1.807, 2.05) is 0 Å². The second kappa shape index (κ2) is 17.2. The third-order valence-corrected chi connectivity index (χ3v) is 4.06. The minimum atomic E-state index is -0.388. The van der Waals surface area contributed by atoms with Gasteiger partial charge in [0.2, 0.25) is 0 Å². The fourth-order valence-electron chi connectivity index (χ4n) is 2.46. The van der Waals surface area contributed by atoms with Crippen LogP contribution in [-0.2, 0) is 19.1 Å². The zero-order valence-electron chi connectivity index (χ0n) is 16.0. The molecule has 0 aromatic rings. The molecule has 0 heterocycles. The van der Waals surface area contributed by atoms with E-state index in [1.54, 1.807) is 0 Å². The summed E-state index contributed by atoms with van der Waals surface area (Å²) in [5.41, 5.74) is 22.7. The Labute approximate surface area is 157 Å². The second-order valence-corrected chi connectivity index (χ2v) is 6.61. The quantitative estimate of drug-likeness (QED) is 0.212. The number of rotatable bonds is 17. The number of nitrogens with two attached hydrogens (primary N) is 4. The predicted molar refractivity (Wildman–Crippen MR) is 102 cm³/mol. The van der Waals surface area contributed by atoms with Crippen molar-refractivity contribution in [3.05, 3.63) is 0 Å². The maximum absolute atomic E-state index is 11.6. The summed E-state index contributed by atoms with van der Waals surface area (Å²) >= 11 is 0. The molecule has 26 heavy (non-hydrogen) atoms. The molecule has 0 spiro atoms. The highest BCUT2D eigenvalue weighted by Crippen LogP contribution is 2.05. The van der Waals surface area contributed by atoms with Crippen molar-refractivity contribution in [3.8, 4) is 0 Å². The van der Waals surface area contributed by atoms with Crippen LogP contribution in [0.25, 0.3) is 0 Å². The van der Waals surface area contributed by atoms with E-state index in [4.69, 9.17) is 32.4 Å². The zero-order valence-corrected chi connectivity index (χ0v) is 16.0. The van der Waals surface area contributed by atoms with E-state index in [0.29, 0.717) is 39.1 Å². The van der Waals surface area contributed by atoms with Crippen LogP contribution in [0, 0.1) is 0 Å². The average molecular weight is 375 g/mol. The molecule has 8 heteroatoms. The summed E-state index contributed by atoms with van der Waals surface area (Å²) in [4.78, 5) is 23.2. The maximum Gasteiger partial charge on any atom is 0.306 e. The van der Waals surface area contributed by atoms with Crippen LogP contribution in [0.2, 0.25) is 0 Å². The largest absolute Gasteiger partial charge is 0.466 e. The van der Waals surface area contributed by atoms with Crippen molar-refractivity contribution >= 4 is 11.9 Å². The fraction of sp³-hybridized carbons (Fsp3) is 0.889. The molecular formula is C18H38N4O4. The summed E-state index contributed by atoms with van der Waals surface area (Å²) in [5, 5.41) is 0. The van der Waals surface area contributed by atoms with Crippen LogP contribution < -0.4 is 22.9 Å². The molecule has 2 atom stereocenters. The first kappa shape index (κ1) is 24.8. The van der Waals surface area contributed by atoms with E-state index >= 15 is 0 Å². The molecule has 2 unspecified atom stereocenters. The Hall–Kier alpha value is -1.22. The van der Waals surface area contributed by atoms with Crippen molar-refractivity contribution in [2.75, 3.05) is 26.3 Å². The van der Waals surface area contributed by atoms with Crippen LogP contribution in [0.15, 0.2) is 0 Å². The smallest absolute Gasteiger partial charge is 0.306 e. The summed E-state index contributed by atoms with van der Waals surface area (Å²) in [7, 11) is 0. The van der Waals surface area contributed by atoms with E-state index in [0.717, 1.165) is 38.5 Å². The first-order chi connectivity index (χ1) is 12.5. The lowest BCUT2D eigenvalue weighted by Crippen LogP contribution is -2.22. The molecule has 0 aromatic heterocycles. The lowest BCUT2D eigenvalue weighted by atomic mass is 10.1. The number of esters is 2. The third-order valence-electron chi connectivity index (χ3n) is 4.06. The molecule has 0 aromatic carbocycles. The van der Waals surface area contributed by atoms with Crippen LogP contribution in [-0.4, -0.2) is 50.3 Å². The van der Waals surface area contributed by atoms with E-state index in [1.165, 1.54) is 0 Å². The molecule has 0 rings (SSSR count). The van der Waals surface area contributed by atoms with Gasteiger partial charge < -0.3 is 32.4 Å². The molecule has 8 nitrogen and oxygen atoms in total. The molecule has 0 amide bonds. The molecule has 0 bridgehead atoms. The summed E-state index contributed by atoms with van der Waals surface area (Å²) < 4.78 is 10.2. The Balaban J connectivity index is 3.54.